The Balaban J connectivity index is 1.95. The Kier molecular flexibility index (Phi) is 5.67. The van der Waals surface area contributed by atoms with Gasteiger partial charge in [-0.25, -0.2) is 4.98 Å². The van der Waals surface area contributed by atoms with Crippen LogP contribution in [0.15, 0.2) is 38.7 Å². The highest BCUT2D eigenvalue weighted by Crippen LogP contribution is 2.22. The highest BCUT2D eigenvalue weighted by Gasteiger charge is 2.16. The van der Waals surface area contributed by atoms with Gasteiger partial charge in [0.25, 0.3) is 5.56 Å². The number of Topliss-reactive ketones (excluding diaryl/α,β-unsaturated/α-hetero) is 1. The Bertz CT molecular complexity index is 1040. The lowest BCUT2D eigenvalue weighted by Gasteiger charge is -2.12. The van der Waals surface area contributed by atoms with Crippen molar-refractivity contribution in [2.75, 3.05) is 5.75 Å². The van der Waals surface area contributed by atoms with Crippen LogP contribution in [-0.4, -0.2) is 26.1 Å². The van der Waals surface area contributed by atoms with Crippen molar-refractivity contribution in [3.8, 4) is 0 Å². The molecular weight excluding hydrogens is 414 g/mol. The molecule has 0 radical (unpaired) electrons. The third-order valence-electron chi connectivity index (χ3n) is 4.11. The summed E-state index contributed by atoms with van der Waals surface area (Å²) < 4.78 is 2.52. The van der Waals surface area contributed by atoms with Crippen molar-refractivity contribution in [2.45, 2.75) is 38.9 Å². The van der Waals surface area contributed by atoms with Crippen LogP contribution in [0.1, 0.15) is 35.1 Å². The number of nitrogens with zero attached hydrogens (tertiary/aromatic N) is 2. The fraction of sp³-hybridized carbons (Fsp3) is 0.316. The van der Waals surface area contributed by atoms with E-state index in [1.54, 1.807) is 10.6 Å². The maximum atomic E-state index is 12.9. The molecule has 0 aliphatic rings. The summed E-state index contributed by atoms with van der Waals surface area (Å²) in [6.07, 6.45) is 0.818. The van der Waals surface area contributed by atoms with Crippen molar-refractivity contribution >= 4 is 44.4 Å². The van der Waals surface area contributed by atoms with Crippen LogP contribution in [0.5, 0.6) is 0 Å². The second-order valence-electron chi connectivity index (χ2n) is 6.22. The quantitative estimate of drug-likeness (QED) is 0.353. The standard InChI is InChI=1S/C19H20BrN3O2S/c1-4-7-23-18(25)15-9-13(20)5-6-16(15)22-19(23)26-10-17(24)14-8-11(2)21-12(14)3/h5-6,8-9,21H,4,7,10H2,1-3H3. The van der Waals surface area contributed by atoms with Gasteiger partial charge in [0.05, 0.1) is 16.7 Å². The predicted octanol–water partition coefficient (Wildman–Crippen LogP) is 4.49. The summed E-state index contributed by atoms with van der Waals surface area (Å²) in [6.45, 7) is 6.42. The summed E-state index contributed by atoms with van der Waals surface area (Å²) in [5, 5.41) is 1.17. The van der Waals surface area contributed by atoms with E-state index in [9.17, 15) is 9.59 Å². The van der Waals surface area contributed by atoms with Crippen molar-refractivity contribution in [2.24, 2.45) is 0 Å². The Hall–Kier alpha value is -1.86. The minimum atomic E-state index is -0.0678. The molecule has 7 heteroatoms. The lowest BCUT2D eigenvalue weighted by Crippen LogP contribution is -2.23. The fourth-order valence-corrected chi connectivity index (χ4v) is 4.19. The molecule has 0 aliphatic carbocycles. The van der Waals surface area contributed by atoms with Crippen molar-refractivity contribution in [1.82, 2.24) is 14.5 Å². The summed E-state index contributed by atoms with van der Waals surface area (Å²) in [5.74, 6) is 0.279. The Morgan fingerprint density at radius 1 is 1.31 bits per heavy atom. The molecule has 3 rings (SSSR count). The average molecular weight is 434 g/mol. The number of aromatic nitrogens is 3. The fourth-order valence-electron chi connectivity index (χ4n) is 2.93. The number of halogens is 1. The van der Waals surface area contributed by atoms with E-state index in [1.807, 2.05) is 39.0 Å². The van der Waals surface area contributed by atoms with E-state index in [0.29, 0.717) is 28.2 Å². The van der Waals surface area contributed by atoms with Gasteiger partial charge in [-0.3, -0.25) is 14.2 Å². The average Bonchev–Trinajstić information content (AvgIpc) is 2.94. The zero-order chi connectivity index (χ0) is 18.8. The Labute approximate surface area is 164 Å². The predicted molar refractivity (Wildman–Crippen MR) is 109 cm³/mol. The second-order valence-corrected chi connectivity index (χ2v) is 8.07. The summed E-state index contributed by atoms with van der Waals surface area (Å²) in [5.41, 5.74) is 3.11. The zero-order valence-electron chi connectivity index (χ0n) is 14.9. The van der Waals surface area contributed by atoms with Gasteiger partial charge >= 0.3 is 0 Å². The number of carbonyl (C=O) groups excluding carboxylic acids is 1. The molecule has 1 N–H and O–H groups in total. The molecule has 26 heavy (non-hydrogen) atoms. The molecule has 0 aliphatic heterocycles. The topological polar surface area (TPSA) is 67.8 Å². The van der Waals surface area contributed by atoms with Gasteiger partial charge in [-0.2, -0.15) is 0 Å². The van der Waals surface area contributed by atoms with Gasteiger partial charge < -0.3 is 4.98 Å². The molecule has 0 atom stereocenters. The lowest BCUT2D eigenvalue weighted by atomic mass is 10.2. The van der Waals surface area contributed by atoms with Crippen molar-refractivity contribution in [3.63, 3.8) is 0 Å². The minimum Gasteiger partial charge on any atom is -0.362 e. The molecule has 0 fully saturated rings. The van der Waals surface area contributed by atoms with Crippen LogP contribution in [0.25, 0.3) is 10.9 Å². The van der Waals surface area contributed by atoms with Gasteiger partial charge in [0.2, 0.25) is 0 Å². The lowest BCUT2D eigenvalue weighted by molar-refractivity contribution is 0.102. The van der Waals surface area contributed by atoms with Gasteiger partial charge in [-0.1, -0.05) is 34.6 Å². The van der Waals surface area contributed by atoms with Crippen molar-refractivity contribution in [1.29, 1.82) is 0 Å². The number of rotatable bonds is 6. The number of ketones is 1. The highest BCUT2D eigenvalue weighted by atomic mass is 79.9. The molecule has 136 valence electrons. The van der Waals surface area contributed by atoms with Gasteiger partial charge in [0, 0.05) is 28.0 Å². The zero-order valence-corrected chi connectivity index (χ0v) is 17.3. The molecule has 5 nitrogen and oxygen atoms in total. The molecule has 3 aromatic rings. The first-order valence-corrected chi connectivity index (χ1v) is 10.2. The van der Waals surface area contributed by atoms with E-state index >= 15 is 0 Å². The number of H-pyrrole nitrogens is 1. The number of aryl methyl sites for hydroxylation is 2. The SMILES string of the molecule is CCCn1c(SCC(=O)c2cc(C)[nH]c2C)nc2ccc(Br)cc2c1=O. The smallest absolute Gasteiger partial charge is 0.262 e. The first-order chi connectivity index (χ1) is 12.4. The third kappa shape index (κ3) is 3.78. The van der Waals surface area contributed by atoms with E-state index in [-0.39, 0.29) is 17.1 Å². The van der Waals surface area contributed by atoms with Crippen molar-refractivity contribution in [3.05, 3.63) is 56.0 Å². The van der Waals surface area contributed by atoms with E-state index in [0.717, 1.165) is 22.3 Å². The summed E-state index contributed by atoms with van der Waals surface area (Å²) >= 11 is 4.72. The number of hydrogen-bond donors (Lipinski definition) is 1. The van der Waals surface area contributed by atoms with Gasteiger partial charge in [-0.15, -0.1) is 0 Å². The third-order valence-corrected chi connectivity index (χ3v) is 5.58. The monoisotopic (exact) mass is 433 g/mol. The summed E-state index contributed by atoms with van der Waals surface area (Å²) in [4.78, 5) is 33.2. The number of benzene rings is 1. The van der Waals surface area contributed by atoms with E-state index in [4.69, 9.17) is 0 Å². The van der Waals surface area contributed by atoms with Gasteiger partial charge in [0.15, 0.2) is 10.9 Å². The van der Waals surface area contributed by atoms with Gasteiger partial charge in [-0.05, 0) is 44.5 Å². The Morgan fingerprint density at radius 3 is 2.73 bits per heavy atom. The highest BCUT2D eigenvalue weighted by molar-refractivity contribution is 9.10. The molecule has 2 heterocycles. The molecule has 0 amide bonds. The van der Waals surface area contributed by atoms with Crippen molar-refractivity contribution < 1.29 is 4.79 Å². The number of aromatic amines is 1. The van der Waals surface area contributed by atoms with Crippen LogP contribution >= 0.6 is 27.7 Å². The molecule has 0 saturated heterocycles. The van der Waals surface area contributed by atoms with E-state index in [2.05, 4.69) is 25.9 Å². The molecule has 0 saturated carbocycles. The van der Waals surface area contributed by atoms with Crippen LogP contribution < -0.4 is 5.56 Å². The number of hydrogen-bond acceptors (Lipinski definition) is 4. The van der Waals surface area contributed by atoms with Crippen LogP contribution in [0.2, 0.25) is 0 Å². The van der Waals surface area contributed by atoms with Crippen LogP contribution in [0.3, 0.4) is 0 Å². The van der Waals surface area contributed by atoms with Crippen LogP contribution in [0, 0.1) is 13.8 Å². The number of thioether (sulfide) groups is 1. The van der Waals surface area contributed by atoms with E-state index < -0.39 is 0 Å². The minimum absolute atomic E-state index is 0.0325. The molecule has 0 spiro atoms. The summed E-state index contributed by atoms with van der Waals surface area (Å²) in [7, 11) is 0. The molecular formula is C19H20BrN3O2S. The molecule has 1 aromatic carbocycles. The normalized spacial score (nSPS) is 11.2. The first kappa shape index (κ1) is 18.9. The molecule has 0 unspecified atom stereocenters. The first-order valence-electron chi connectivity index (χ1n) is 8.43. The Morgan fingerprint density at radius 2 is 2.08 bits per heavy atom. The second kappa shape index (κ2) is 7.80. The van der Waals surface area contributed by atoms with Crippen LogP contribution in [0.4, 0.5) is 0 Å². The number of fused-ring (bicyclic) bond motifs is 1. The van der Waals surface area contributed by atoms with Gasteiger partial charge in [0.1, 0.15) is 0 Å². The maximum Gasteiger partial charge on any atom is 0.262 e. The summed E-state index contributed by atoms with van der Waals surface area (Å²) in [6, 6.07) is 7.35. The molecule has 2 aromatic heterocycles. The maximum absolute atomic E-state index is 12.9. The largest absolute Gasteiger partial charge is 0.362 e. The number of carbonyl (C=O) groups is 1. The van der Waals surface area contributed by atoms with E-state index in [1.165, 1.54) is 11.8 Å². The number of nitrogens with one attached hydrogen (secondary N) is 1. The van der Waals surface area contributed by atoms with Crippen LogP contribution in [-0.2, 0) is 6.54 Å². The molecule has 0 bridgehead atoms.